The quantitative estimate of drug-likeness (QED) is 0.636. The van der Waals surface area contributed by atoms with Gasteiger partial charge in [0, 0.05) is 31.6 Å². The van der Waals surface area contributed by atoms with E-state index in [1.165, 1.54) is 6.21 Å². The Balaban J connectivity index is 2.63. The minimum absolute atomic E-state index is 0.212. The third-order valence-corrected chi connectivity index (χ3v) is 2.17. The smallest absolute Gasteiger partial charge is 0.271 e. The molecular formula is C13H17N3O. The Hall–Kier alpha value is -2.10. The Labute approximate surface area is 102 Å². The van der Waals surface area contributed by atoms with E-state index in [1.807, 2.05) is 44.1 Å². The summed E-state index contributed by atoms with van der Waals surface area (Å²) in [6, 6.07) is 7.33. The van der Waals surface area contributed by atoms with Gasteiger partial charge in [0.15, 0.2) is 0 Å². The summed E-state index contributed by atoms with van der Waals surface area (Å²) < 4.78 is 0. The van der Waals surface area contributed by atoms with Crippen molar-refractivity contribution in [2.75, 3.05) is 19.0 Å². The summed E-state index contributed by atoms with van der Waals surface area (Å²) in [5.41, 5.74) is 4.09. The number of hydrazone groups is 1. The minimum atomic E-state index is -0.212. The topological polar surface area (TPSA) is 44.7 Å². The van der Waals surface area contributed by atoms with Gasteiger partial charge in [-0.15, -0.1) is 0 Å². The first kappa shape index (κ1) is 13.0. The van der Waals surface area contributed by atoms with Crippen LogP contribution in [0.2, 0.25) is 0 Å². The summed E-state index contributed by atoms with van der Waals surface area (Å²) in [4.78, 5) is 13.6. The maximum absolute atomic E-state index is 11.6. The van der Waals surface area contributed by atoms with E-state index in [1.54, 1.807) is 18.2 Å². The molecule has 1 amide bonds. The van der Waals surface area contributed by atoms with Gasteiger partial charge in [0.05, 0.1) is 0 Å². The van der Waals surface area contributed by atoms with Gasteiger partial charge in [-0.2, -0.15) is 5.10 Å². The summed E-state index contributed by atoms with van der Waals surface area (Å²) >= 11 is 0. The molecular weight excluding hydrogens is 214 g/mol. The van der Waals surface area contributed by atoms with Gasteiger partial charge < -0.3 is 4.90 Å². The van der Waals surface area contributed by atoms with Crippen LogP contribution >= 0.6 is 0 Å². The van der Waals surface area contributed by atoms with Gasteiger partial charge in [-0.1, -0.05) is 6.08 Å². The molecule has 17 heavy (non-hydrogen) atoms. The summed E-state index contributed by atoms with van der Waals surface area (Å²) in [7, 11) is 3.91. The number of hydrogen-bond acceptors (Lipinski definition) is 3. The highest BCUT2D eigenvalue weighted by Gasteiger charge is 2.03. The van der Waals surface area contributed by atoms with Gasteiger partial charge in [0.1, 0.15) is 0 Å². The lowest BCUT2D eigenvalue weighted by atomic mass is 10.2. The molecule has 0 heterocycles. The highest BCUT2D eigenvalue weighted by molar-refractivity contribution is 5.94. The lowest BCUT2D eigenvalue weighted by molar-refractivity contribution is 0.0955. The third kappa shape index (κ3) is 4.10. The SMILES string of the molecule is C/C=C/C=N/NC(=O)c1ccc(N(C)C)cc1. The average Bonchev–Trinajstić information content (AvgIpc) is 2.34. The fourth-order valence-electron chi connectivity index (χ4n) is 1.20. The van der Waals surface area contributed by atoms with Gasteiger partial charge in [-0.05, 0) is 37.3 Å². The Morgan fingerprint density at radius 2 is 1.94 bits per heavy atom. The van der Waals surface area contributed by atoms with Crippen LogP contribution in [0.25, 0.3) is 0 Å². The molecule has 4 nitrogen and oxygen atoms in total. The molecule has 0 aliphatic rings. The van der Waals surface area contributed by atoms with Gasteiger partial charge in [-0.3, -0.25) is 4.79 Å². The molecule has 0 fully saturated rings. The van der Waals surface area contributed by atoms with Crippen LogP contribution < -0.4 is 10.3 Å². The van der Waals surface area contributed by atoms with Gasteiger partial charge in [0.2, 0.25) is 0 Å². The number of hydrogen-bond donors (Lipinski definition) is 1. The number of carbonyl (C=O) groups excluding carboxylic acids is 1. The Morgan fingerprint density at radius 3 is 2.47 bits per heavy atom. The molecule has 0 saturated heterocycles. The Morgan fingerprint density at radius 1 is 1.29 bits per heavy atom. The monoisotopic (exact) mass is 231 g/mol. The lowest BCUT2D eigenvalue weighted by Crippen LogP contribution is -2.17. The average molecular weight is 231 g/mol. The molecule has 1 N–H and O–H groups in total. The predicted octanol–water partition coefficient (Wildman–Crippen LogP) is 2.04. The normalized spacial score (nSPS) is 11.0. The van der Waals surface area contributed by atoms with E-state index < -0.39 is 0 Å². The van der Waals surface area contributed by atoms with Crippen molar-refractivity contribution in [2.24, 2.45) is 5.10 Å². The second-order valence-electron chi connectivity index (χ2n) is 3.69. The van der Waals surface area contributed by atoms with Crippen molar-refractivity contribution in [1.82, 2.24) is 5.43 Å². The predicted molar refractivity (Wildman–Crippen MR) is 71.5 cm³/mol. The van der Waals surface area contributed by atoms with Crippen molar-refractivity contribution in [3.05, 3.63) is 42.0 Å². The largest absolute Gasteiger partial charge is 0.378 e. The third-order valence-electron chi connectivity index (χ3n) is 2.17. The van der Waals surface area contributed by atoms with E-state index in [0.29, 0.717) is 5.56 Å². The number of nitrogens with one attached hydrogen (secondary N) is 1. The van der Waals surface area contributed by atoms with Crippen LogP contribution in [0.3, 0.4) is 0 Å². The van der Waals surface area contributed by atoms with Crippen LogP contribution in [-0.4, -0.2) is 26.2 Å². The maximum atomic E-state index is 11.6. The van der Waals surface area contributed by atoms with E-state index in [-0.39, 0.29) is 5.91 Å². The van der Waals surface area contributed by atoms with Gasteiger partial charge in [-0.25, -0.2) is 5.43 Å². The fraction of sp³-hybridized carbons (Fsp3) is 0.231. The van der Waals surface area contributed by atoms with Crippen LogP contribution in [-0.2, 0) is 0 Å². The first-order chi connectivity index (χ1) is 8.15. The molecule has 0 aliphatic heterocycles. The van der Waals surface area contributed by atoms with Crippen molar-refractivity contribution >= 4 is 17.8 Å². The van der Waals surface area contributed by atoms with E-state index in [0.717, 1.165) is 5.69 Å². The lowest BCUT2D eigenvalue weighted by Gasteiger charge is -2.12. The molecule has 0 aromatic heterocycles. The summed E-state index contributed by atoms with van der Waals surface area (Å²) in [5.74, 6) is -0.212. The van der Waals surface area contributed by atoms with E-state index in [9.17, 15) is 4.79 Å². The van der Waals surface area contributed by atoms with Crippen molar-refractivity contribution in [2.45, 2.75) is 6.92 Å². The van der Waals surface area contributed by atoms with Crippen molar-refractivity contribution in [3.63, 3.8) is 0 Å². The number of benzene rings is 1. The summed E-state index contributed by atoms with van der Waals surface area (Å²) in [6.45, 7) is 1.88. The molecule has 0 spiro atoms. The number of nitrogens with zero attached hydrogens (tertiary/aromatic N) is 2. The molecule has 0 bridgehead atoms. The summed E-state index contributed by atoms with van der Waals surface area (Å²) in [6.07, 6.45) is 5.11. The van der Waals surface area contributed by atoms with Crippen LogP contribution in [0.5, 0.6) is 0 Å². The molecule has 0 atom stereocenters. The molecule has 4 heteroatoms. The molecule has 0 aliphatic carbocycles. The number of rotatable bonds is 4. The van der Waals surface area contributed by atoms with Gasteiger partial charge >= 0.3 is 0 Å². The molecule has 0 saturated carbocycles. The maximum Gasteiger partial charge on any atom is 0.271 e. The van der Waals surface area contributed by atoms with E-state index in [4.69, 9.17) is 0 Å². The zero-order valence-electron chi connectivity index (χ0n) is 10.3. The van der Waals surface area contributed by atoms with Crippen molar-refractivity contribution < 1.29 is 4.79 Å². The first-order valence-corrected chi connectivity index (χ1v) is 5.37. The van der Waals surface area contributed by atoms with Crippen LogP contribution in [0.1, 0.15) is 17.3 Å². The molecule has 1 rings (SSSR count). The Kier molecular flexibility index (Phi) is 4.94. The highest BCUT2D eigenvalue weighted by Crippen LogP contribution is 2.11. The number of anilines is 1. The summed E-state index contributed by atoms with van der Waals surface area (Å²) in [5, 5.41) is 3.77. The highest BCUT2D eigenvalue weighted by atomic mass is 16.2. The number of allylic oxidation sites excluding steroid dienone is 2. The molecule has 90 valence electrons. The number of carbonyl (C=O) groups is 1. The van der Waals surface area contributed by atoms with E-state index in [2.05, 4.69) is 10.5 Å². The molecule has 1 aromatic carbocycles. The van der Waals surface area contributed by atoms with Crippen LogP contribution in [0.15, 0.2) is 41.5 Å². The minimum Gasteiger partial charge on any atom is -0.378 e. The second kappa shape index (κ2) is 6.48. The zero-order valence-corrected chi connectivity index (χ0v) is 10.3. The van der Waals surface area contributed by atoms with Gasteiger partial charge in [0.25, 0.3) is 5.91 Å². The first-order valence-electron chi connectivity index (χ1n) is 5.37. The molecule has 0 radical (unpaired) electrons. The van der Waals surface area contributed by atoms with Crippen LogP contribution in [0.4, 0.5) is 5.69 Å². The second-order valence-corrected chi connectivity index (χ2v) is 3.69. The molecule has 1 aromatic rings. The molecule has 0 unspecified atom stereocenters. The van der Waals surface area contributed by atoms with Crippen LogP contribution in [0, 0.1) is 0 Å². The number of amides is 1. The Bertz CT molecular complexity index is 419. The standard InChI is InChI=1S/C13H17N3O/c1-4-5-10-14-15-13(17)11-6-8-12(9-7-11)16(2)3/h4-10H,1-3H3,(H,15,17)/b5-4+,14-10+. The van der Waals surface area contributed by atoms with E-state index >= 15 is 0 Å². The van der Waals surface area contributed by atoms with Crippen molar-refractivity contribution in [1.29, 1.82) is 0 Å². The van der Waals surface area contributed by atoms with Crippen molar-refractivity contribution in [3.8, 4) is 0 Å². The zero-order chi connectivity index (χ0) is 12.7. The fourth-order valence-corrected chi connectivity index (χ4v) is 1.20.